The molecule has 3 fully saturated rings. The Morgan fingerprint density at radius 2 is 1.83 bits per heavy atom. The fourth-order valence-corrected chi connectivity index (χ4v) is 3.47. The van der Waals surface area contributed by atoms with E-state index in [0.29, 0.717) is 12.5 Å². The lowest BCUT2D eigenvalue weighted by Crippen LogP contribution is -2.53. The van der Waals surface area contributed by atoms with Crippen LogP contribution in [0.15, 0.2) is 0 Å². The average Bonchev–Trinajstić information content (AvgIpc) is 2.91. The van der Waals surface area contributed by atoms with E-state index >= 15 is 0 Å². The van der Waals surface area contributed by atoms with Gasteiger partial charge < -0.3 is 15.0 Å². The molecule has 3 saturated heterocycles. The van der Waals surface area contributed by atoms with Crippen LogP contribution >= 0.6 is 0 Å². The number of hydrogen-bond donors (Lipinski definition) is 2. The van der Waals surface area contributed by atoms with E-state index < -0.39 is 12.1 Å². The van der Waals surface area contributed by atoms with Crippen LogP contribution in [0, 0.1) is 0 Å². The quantitative estimate of drug-likeness (QED) is 0.667. The number of carbonyl (C=O) groups excluding carboxylic acids is 3. The summed E-state index contributed by atoms with van der Waals surface area (Å²) in [6.07, 6.45) is 2.79. The van der Waals surface area contributed by atoms with Crippen LogP contribution in [0.25, 0.3) is 0 Å². The summed E-state index contributed by atoms with van der Waals surface area (Å²) in [5, 5.41) is 4.70. The number of nitrogens with one attached hydrogen (secondary N) is 2. The number of amides is 4. The van der Waals surface area contributed by atoms with Gasteiger partial charge >= 0.3 is 6.03 Å². The van der Waals surface area contributed by atoms with Crippen molar-refractivity contribution in [3.05, 3.63) is 0 Å². The monoisotopic (exact) mass is 324 g/mol. The summed E-state index contributed by atoms with van der Waals surface area (Å²) in [5.74, 6) is -0.280. The number of urea groups is 1. The van der Waals surface area contributed by atoms with Crippen molar-refractivity contribution in [1.82, 2.24) is 20.4 Å². The fourth-order valence-electron chi connectivity index (χ4n) is 3.47. The second-order valence-electron chi connectivity index (χ2n) is 6.31. The molecule has 0 saturated carbocycles. The topological polar surface area (TPSA) is 91.0 Å². The van der Waals surface area contributed by atoms with Gasteiger partial charge in [0.2, 0.25) is 5.91 Å². The molecule has 0 aromatic heterocycles. The summed E-state index contributed by atoms with van der Waals surface area (Å²) in [5.41, 5.74) is 0. The van der Waals surface area contributed by atoms with Gasteiger partial charge in [0.1, 0.15) is 6.04 Å². The van der Waals surface area contributed by atoms with Crippen LogP contribution in [0.4, 0.5) is 4.79 Å². The summed E-state index contributed by atoms with van der Waals surface area (Å²) in [7, 11) is 0. The predicted octanol–water partition coefficient (Wildman–Crippen LogP) is -0.702. The van der Waals surface area contributed by atoms with Crippen LogP contribution in [0.5, 0.6) is 0 Å². The fraction of sp³-hybridized carbons (Fsp3) is 0.800. The van der Waals surface area contributed by atoms with Crippen molar-refractivity contribution in [2.75, 3.05) is 39.4 Å². The lowest BCUT2D eigenvalue weighted by atomic mass is 10.1. The van der Waals surface area contributed by atoms with E-state index in [9.17, 15) is 14.4 Å². The molecule has 3 rings (SSSR count). The lowest BCUT2D eigenvalue weighted by Gasteiger charge is -2.40. The zero-order valence-corrected chi connectivity index (χ0v) is 13.3. The highest BCUT2D eigenvalue weighted by Crippen LogP contribution is 2.17. The molecule has 2 N–H and O–H groups in total. The molecule has 3 aliphatic rings. The molecular weight excluding hydrogens is 300 g/mol. The number of carbonyl (C=O) groups is 3. The largest absolute Gasteiger partial charge is 0.381 e. The van der Waals surface area contributed by atoms with E-state index in [-0.39, 0.29) is 18.2 Å². The molecule has 0 aromatic carbocycles. The van der Waals surface area contributed by atoms with E-state index in [1.54, 1.807) is 0 Å². The first-order valence-electron chi connectivity index (χ1n) is 8.34. The molecule has 3 aliphatic heterocycles. The zero-order chi connectivity index (χ0) is 16.2. The molecule has 0 aromatic rings. The number of hydrogen-bond acceptors (Lipinski definition) is 5. The van der Waals surface area contributed by atoms with Gasteiger partial charge in [0.25, 0.3) is 5.91 Å². The highest BCUT2D eigenvalue weighted by atomic mass is 16.5. The molecule has 3 heterocycles. The molecule has 0 bridgehead atoms. The standard InChI is InChI=1S/C15H24N4O4/c20-13(2-1-12-14(21)17-15(22)16-12)19-7-5-18(6-8-19)11-3-9-23-10-4-11/h11-12H,1-10H2,(H2,16,17,21,22)/t12-/m0/s1. The number of nitrogens with zero attached hydrogens (tertiary/aromatic N) is 2. The average molecular weight is 324 g/mol. The summed E-state index contributed by atoms with van der Waals surface area (Å²) >= 11 is 0. The number of rotatable bonds is 4. The lowest BCUT2D eigenvalue weighted by molar-refractivity contribution is -0.133. The van der Waals surface area contributed by atoms with E-state index in [1.165, 1.54) is 0 Å². The van der Waals surface area contributed by atoms with Crippen molar-refractivity contribution in [1.29, 1.82) is 0 Å². The van der Waals surface area contributed by atoms with Crippen LogP contribution in [0.3, 0.4) is 0 Å². The van der Waals surface area contributed by atoms with Gasteiger partial charge in [-0.15, -0.1) is 0 Å². The Morgan fingerprint density at radius 3 is 2.43 bits per heavy atom. The second-order valence-corrected chi connectivity index (χ2v) is 6.31. The van der Waals surface area contributed by atoms with E-state index in [2.05, 4.69) is 15.5 Å². The van der Waals surface area contributed by atoms with Crippen LogP contribution < -0.4 is 10.6 Å². The molecule has 0 aliphatic carbocycles. The maximum atomic E-state index is 12.3. The molecule has 23 heavy (non-hydrogen) atoms. The number of ether oxygens (including phenoxy) is 1. The van der Waals surface area contributed by atoms with Crippen molar-refractivity contribution in [3.63, 3.8) is 0 Å². The minimum Gasteiger partial charge on any atom is -0.381 e. The summed E-state index contributed by atoms with van der Waals surface area (Å²) in [6.45, 7) is 4.94. The molecule has 1 atom stereocenters. The van der Waals surface area contributed by atoms with Gasteiger partial charge in [-0.25, -0.2) is 4.79 Å². The second kappa shape index (κ2) is 7.27. The first kappa shape index (κ1) is 16.2. The van der Waals surface area contributed by atoms with E-state index in [4.69, 9.17) is 4.74 Å². The molecule has 0 unspecified atom stereocenters. The molecular formula is C15H24N4O4. The third kappa shape index (κ3) is 4.00. The van der Waals surface area contributed by atoms with Gasteiger partial charge in [-0.05, 0) is 19.3 Å². The Kier molecular flexibility index (Phi) is 5.12. The molecule has 4 amide bonds. The highest BCUT2D eigenvalue weighted by molar-refractivity contribution is 6.04. The van der Waals surface area contributed by atoms with Gasteiger partial charge in [-0.1, -0.05) is 0 Å². The molecule has 8 nitrogen and oxygen atoms in total. The SMILES string of the molecule is O=C1NC(=O)[C@H](CCC(=O)N2CCN(C3CCOCC3)CC2)N1. The third-order valence-electron chi connectivity index (χ3n) is 4.88. The third-order valence-corrected chi connectivity index (χ3v) is 4.88. The minimum absolute atomic E-state index is 0.0607. The van der Waals surface area contributed by atoms with Gasteiger partial charge in [-0.3, -0.25) is 19.8 Å². The molecule has 0 spiro atoms. The molecule has 128 valence electrons. The number of piperazine rings is 1. The number of imide groups is 1. The highest BCUT2D eigenvalue weighted by Gasteiger charge is 2.31. The van der Waals surface area contributed by atoms with Crippen LogP contribution in [-0.2, 0) is 14.3 Å². The minimum atomic E-state index is -0.574. The molecule has 8 heteroatoms. The first-order valence-corrected chi connectivity index (χ1v) is 8.34. The van der Waals surface area contributed by atoms with Gasteiger partial charge in [0, 0.05) is 51.9 Å². The van der Waals surface area contributed by atoms with Gasteiger partial charge in [0.05, 0.1) is 0 Å². The smallest absolute Gasteiger partial charge is 0.322 e. The zero-order valence-electron chi connectivity index (χ0n) is 13.3. The first-order chi connectivity index (χ1) is 11.1. The van der Waals surface area contributed by atoms with Crippen LogP contribution in [-0.4, -0.2) is 79.1 Å². The van der Waals surface area contributed by atoms with Gasteiger partial charge in [0.15, 0.2) is 0 Å². The molecule has 0 radical (unpaired) electrons. The summed E-state index contributed by atoms with van der Waals surface area (Å²) in [4.78, 5) is 39.1. The normalized spacial score (nSPS) is 27.0. The Morgan fingerprint density at radius 1 is 1.13 bits per heavy atom. The van der Waals surface area contributed by atoms with Crippen molar-refractivity contribution in [2.24, 2.45) is 0 Å². The van der Waals surface area contributed by atoms with Crippen molar-refractivity contribution < 1.29 is 19.1 Å². The van der Waals surface area contributed by atoms with Gasteiger partial charge in [-0.2, -0.15) is 0 Å². The van der Waals surface area contributed by atoms with Crippen LogP contribution in [0.1, 0.15) is 25.7 Å². The predicted molar refractivity (Wildman–Crippen MR) is 81.7 cm³/mol. The van der Waals surface area contributed by atoms with Crippen molar-refractivity contribution in [3.8, 4) is 0 Å². The summed E-state index contributed by atoms with van der Waals surface area (Å²) < 4.78 is 5.39. The van der Waals surface area contributed by atoms with E-state index in [1.807, 2.05) is 4.90 Å². The maximum Gasteiger partial charge on any atom is 0.322 e. The van der Waals surface area contributed by atoms with Crippen molar-refractivity contribution in [2.45, 2.75) is 37.8 Å². The Balaban J connectivity index is 1.39. The van der Waals surface area contributed by atoms with Crippen molar-refractivity contribution >= 4 is 17.8 Å². The maximum absolute atomic E-state index is 12.3. The Labute approximate surface area is 135 Å². The Bertz CT molecular complexity index is 470. The Hall–Kier alpha value is -1.67. The van der Waals surface area contributed by atoms with Crippen LogP contribution in [0.2, 0.25) is 0 Å². The van der Waals surface area contributed by atoms with E-state index in [0.717, 1.165) is 52.2 Å². The summed E-state index contributed by atoms with van der Waals surface area (Å²) in [6, 6.07) is -0.467.